The molecule has 4 aromatic rings. The van der Waals surface area contributed by atoms with Crippen LogP contribution >= 0.6 is 15.8 Å². The van der Waals surface area contributed by atoms with Crippen molar-refractivity contribution in [1.29, 1.82) is 0 Å². The first-order valence-corrected chi connectivity index (χ1v) is 17.2. The van der Waals surface area contributed by atoms with Gasteiger partial charge in [0, 0.05) is 0 Å². The van der Waals surface area contributed by atoms with E-state index < -0.39 is 56.9 Å². The van der Waals surface area contributed by atoms with E-state index in [1.54, 1.807) is 12.1 Å². The van der Waals surface area contributed by atoms with Gasteiger partial charge in [-0.15, -0.1) is 0 Å². The van der Waals surface area contributed by atoms with Gasteiger partial charge in [-0.3, -0.25) is 0 Å². The second-order valence-electron chi connectivity index (χ2n) is 11.3. The van der Waals surface area contributed by atoms with Crippen LogP contribution in [0, 0.1) is 11.7 Å². The van der Waals surface area contributed by atoms with Crippen molar-refractivity contribution < 1.29 is 43.9 Å². The van der Waals surface area contributed by atoms with Crippen LogP contribution in [0.15, 0.2) is 97.1 Å². The van der Waals surface area contributed by atoms with Crippen molar-refractivity contribution >= 4 is 37.1 Å². The molecule has 0 nitrogen and oxygen atoms in total. The lowest BCUT2D eigenvalue weighted by Crippen LogP contribution is -2.33. The Balaban J connectivity index is 1.57. The third-order valence-corrected chi connectivity index (χ3v) is 14.3. The monoisotopic (exact) mass is 688 g/mol. The van der Waals surface area contributed by atoms with Crippen molar-refractivity contribution in [2.45, 2.75) is 56.0 Å². The van der Waals surface area contributed by atoms with Gasteiger partial charge in [-0.05, 0) is 116 Å². The third-order valence-electron chi connectivity index (χ3n) is 8.41. The van der Waals surface area contributed by atoms with Gasteiger partial charge in [0.1, 0.15) is 5.82 Å². The van der Waals surface area contributed by atoms with Gasteiger partial charge in [0.05, 0.1) is 16.7 Å². The third kappa shape index (κ3) is 7.60. The summed E-state index contributed by atoms with van der Waals surface area (Å²) in [6.07, 6.45) is -11.5. The minimum absolute atomic E-state index is 0.0749. The van der Waals surface area contributed by atoms with E-state index >= 15 is 0 Å². The molecule has 12 heteroatoms. The maximum Gasteiger partial charge on any atom is 0.416 e. The van der Waals surface area contributed by atoms with Crippen molar-refractivity contribution in [3.63, 3.8) is 0 Å². The first kappa shape index (κ1) is 34.4. The Labute approximate surface area is 262 Å². The highest BCUT2D eigenvalue weighted by Crippen LogP contribution is 2.56. The molecule has 0 radical (unpaired) electrons. The Morgan fingerprint density at radius 3 is 1.24 bits per heavy atom. The molecule has 5 rings (SSSR count). The van der Waals surface area contributed by atoms with E-state index in [1.165, 1.54) is 48.5 Å². The summed E-state index contributed by atoms with van der Waals surface area (Å²) in [6, 6.07) is 20.2. The zero-order chi connectivity index (χ0) is 33.4. The van der Waals surface area contributed by atoms with E-state index in [4.69, 9.17) is 0 Å². The Morgan fingerprint density at radius 1 is 0.522 bits per heavy atom. The summed E-state index contributed by atoms with van der Waals surface area (Å²) in [7, 11) is -2.78. The quantitative estimate of drug-likeness (QED) is 0.134. The van der Waals surface area contributed by atoms with Gasteiger partial charge in [0.15, 0.2) is 0 Å². The molecule has 4 aromatic carbocycles. The summed E-state index contributed by atoms with van der Waals surface area (Å²) < 4.78 is 134. The van der Waals surface area contributed by atoms with Gasteiger partial charge in [-0.1, -0.05) is 61.9 Å². The maximum atomic E-state index is 13.9. The predicted octanol–water partition coefficient (Wildman–Crippen LogP) is 10.0. The van der Waals surface area contributed by atoms with E-state index in [2.05, 4.69) is 0 Å². The lowest BCUT2D eigenvalue weighted by molar-refractivity contribution is -0.138. The van der Waals surface area contributed by atoms with Crippen molar-refractivity contribution in [3.8, 4) is 0 Å². The first-order chi connectivity index (χ1) is 21.5. The Kier molecular flexibility index (Phi) is 9.92. The van der Waals surface area contributed by atoms with E-state index in [1.807, 2.05) is 6.92 Å². The molecule has 0 spiro atoms. The van der Waals surface area contributed by atoms with Gasteiger partial charge >= 0.3 is 18.5 Å². The van der Waals surface area contributed by atoms with Crippen molar-refractivity contribution in [2.24, 2.45) is 5.92 Å². The number of benzene rings is 4. The fraction of sp³-hybridized carbons (Fsp3) is 0.294. The molecule has 0 aromatic heterocycles. The molecule has 1 saturated carbocycles. The summed E-state index contributed by atoms with van der Waals surface area (Å²) in [5.74, 6) is -0.537. The molecule has 1 aliphatic carbocycles. The molecule has 0 N–H and O–H groups in total. The lowest BCUT2D eigenvalue weighted by Gasteiger charge is -2.37. The molecule has 0 saturated heterocycles. The highest BCUT2D eigenvalue weighted by Gasteiger charge is 2.42. The van der Waals surface area contributed by atoms with Crippen LogP contribution in [0.4, 0.5) is 43.9 Å². The SMILES string of the molecule is C[C@H](C1CCCC1P(c1ccc(F)cc1)c1ccc(C(F)(F)F)cc1)P(c1ccc(C(F)(F)F)cc1)c1ccc(C(F)(F)F)cc1. The number of rotatable bonds is 7. The zero-order valence-electron chi connectivity index (χ0n) is 24.3. The molecule has 0 heterocycles. The van der Waals surface area contributed by atoms with Gasteiger partial charge < -0.3 is 0 Å². The summed E-state index contributed by atoms with van der Waals surface area (Å²) in [6.45, 7) is 1.95. The topological polar surface area (TPSA) is 0 Å². The summed E-state index contributed by atoms with van der Waals surface area (Å²) >= 11 is 0. The largest absolute Gasteiger partial charge is 0.416 e. The molecule has 0 amide bonds. The smallest absolute Gasteiger partial charge is 0.207 e. The van der Waals surface area contributed by atoms with Crippen molar-refractivity contribution in [1.82, 2.24) is 0 Å². The highest BCUT2D eigenvalue weighted by atomic mass is 31.1. The highest BCUT2D eigenvalue weighted by molar-refractivity contribution is 7.74. The molecule has 4 atom stereocenters. The van der Waals surface area contributed by atoms with E-state index in [0.717, 1.165) is 48.1 Å². The number of hydrogen-bond donors (Lipinski definition) is 0. The lowest BCUT2D eigenvalue weighted by atomic mass is 10.0. The Morgan fingerprint density at radius 2 is 0.870 bits per heavy atom. The van der Waals surface area contributed by atoms with Crippen LogP contribution in [0.5, 0.6) is 0 Å². The van der Waals surface area contributed by atoms with Gasteiger partial charge in [0.25, 0.3) is 0 Å². The standard InChI is InChI=1S/C34H28F10P2/c1-21(45(26-13-5-22(6-14-26)32(36,37)38)27-15-7-23(8-16-27)33(39,40)41)30-3-2-4-31(30)46(29-19-11-25(35)12-20-29)28-17-9-24(10-18-28)34(42,43)44/h5-21,30-31H,2-4H2,1H3/t21-,30?,31?,46?/m1/s1. The molecule has 1 aliphatic rings. The van der Waals surface area contributed by atoms with Gasteiger partial charge in [-0.25, -0.2) is 4.39 Å². The minimum Gasteiger partial charge on any atom is -0.207 e. The van der Waals surface area contributed by atoms with Crippen LogP contribution in [-0.4, -0.2) is 11.3 Å². The van der Waals surface area contributed by atoms with Gasteiger partial charge in [0.2, 0.25) is 0 Å². The predicted molar refractivity (Wildman–Crippen MR) is 164 cm³/mol. The van der Waals surface area contributed by atoms with Crippen LogP contribution in [0.25, 0.3) is 0 Å². The molecule has 244 valence electrons. The number of alkyl halides is 9. The Bertz CT molecular complexity index is 1530. The van der Waals surface area contributed by atoms with Crippen LogP contribution in [0.3, 0.4) is 0 Å². The van der Waals surface area contributed by atoms with Crippen LogP contribution < -0.4 is 21.2 Å². The first-order valence-electron chi connectivity index (χ1n) is 14.4. The summed E-state index contributed by atoms with van der Waals surface area (Å²) in [5, 5.41) is 2.59. The number of hydrogen-bond acceptors (Lipinski definition) is 0. The van der Waals surface area contributed by atoms with Crippen LogP contribution in [0.1, 0.15) is 42.9 Å². The van der Waals surface area contributed by atoms with Gasteiger partial charge in [-0.2, -0.15) is 39.5 Å². The molecular formula is C34H28F10P2. The summed E-state index contributed by atoms with van der Waals surface area (Å²) in [5.41, 5.74) is -2.79. The normalized spacial score (nSPS) is 19.0. The van der Waals surface area contributed by atoms with Crippen LogP contribution in [0.2, 0.25) is 0 Å². The second-order valence-corrected chi connectivity index (χ2v) is 16.3. The molecular weight excluding hydrogens is 660 g/mol. The van der Waals surface area contributed by atoms with E-state index in [0.29, 0.717) is 28.8 Å². The fourth-order valence-corrected chi connectivity index (χ4v) is 12.5. The van der Waals surface area contributed by atoms with Crippen molar-refractivity contribution in [2.75, 3.05) is 0 Å². The molecule has 46 heavy (non-hydrogen) atoms. The fourth-order valence-electron chi connectivity index (χ4n) is 6.23. The second kappa shape index (κ2) is 13.3. The van der Waals surface area contributed by atoms with Crippen molar-refractivity contribution in [3.05, 3.63) is 120 Å². The van der Waals surface area contributed by atoms with Crippen LogP contribution in [-0.2, 0) is 18.5 Å². The Hall–Kier alpha value is -2.96. The zero-order valence-corrected chi connectivity index (χ0v) is 26.1. The molecule has 0 bridgehead atoms. The average molecular weight is 689 g/mol. The van der Waals surface area contributed by atoms with E-state index in [9.17, 15) is 43.9 Å². The molecule has 0 aliphatic heterocycles. The minimum atomic E-state index is -4.57. The average Bonchev–Trinajstić information content (AvgIpc) is 3.47. The maximum absolute atomic E-state index is 13.9. The summed E-state index contributed by atoms with van der Waals surface area (Å²) in [4.78, 5) is 0. The molecule has 1 fully saturated rings. The number of halogens is 10. The van der Waals surface area contributed by atoms with E-state index in [-0.39, 0.29) is 17.2 Å². The molecule has 3 unspecified atom stereocenters.